The molecule has 0 spiro atoms. The number of rotatable bonds is 3. The first kappa shape index (κ1) is 13.4. The predicted molar refractivity (Wildman–Crippen MR) is 85.2 cm³/mol. The molecule has 0 bridgehead atoms. The molecule has 2 aromatic rings. The molecule has 114 valence electrons. The molecule has 0 amide bonds. The SMILES string of the molecule is Cc1cnc(N2CCN(c3cc(C4CC4)ncn3)CC2)nc1. The number of piperazine rings is 1. The highest BCUT2D eigenvalue weighted by molar-refractivity contribution is 5.43. The highest BCUT2D eigenvalue weighted by Gasteiger charge is 2.26. The van der Waals surface area contributed by atoms with E-state index in [0.717, 1.165) is 43.5 Å². The minimum absolute atomic E-state index is 0.670. The van der Waals surface area contributed by atoms with Gasteiger partial charge in [0.2, 0.25) is 5.95 Å². The maximum Gasteiger partial charge on any atom is 0.225 e. The van der Waals surface area contributed by atoms with Crippen molar-refractivity contribution >= 4 is 11.8 Å². The summed E-state index contributed by atoms with van der Waals surface area (Å²) in [4.78, 5) is 22.2. The number of anilines is 2. The highest BCUT2D eigenvalue weighted by atomic mass is 15.3. The van der Waals surface area contributed by atoms with Gasteiger partial charge in [-0.25, -0.2) is 19.9 Å². The summed E-state index contributed by atoms with van der Waals surface area (Å²) in [6.07, 6.45) is 8.00. The van der Waals surface area contributed by atoms with Crippen molar-refractivity contribution in [1.82, 2.24) is 19.9 Å². The van der Waals surface area contributed by atoms with Gasteiger partial charge in [0.05, 0.1) is 0 Å². The fourth-order valence-electron chi connectivity index (χ4n) is 2.82. The van der Waals surface area contributed by atoms with E-state index in [0.29, 0.717) is 5.92 Å². The Labute approximate surface area is 130 Å². The highest BCUT2D eigenvalue weighted by Crippen LogP contribution is 2.39. The molecule has 0 unspecified atom stereocenters. The van der Waals surface area contributed by atoms with Gasteiger partial charge in [0.1, 0.15) is 12.1 Å². The van der Waals surface area contributed by atoms with Crippen LogP contribution in [-0.4, -0.2) is 46.1 Å². The maximum absolute atomic E-state index is 4.45. The van der Waals surface area contributed by atoms with Crippen molar-refractivity contribution in [3.8, 4) is 0 Å². The first-order valence-corrected chi connectivity index (χ1v) is 7.90. The van der Waals surface area contributed by atoms with Crippen LogP contribution in [0.1, 0.15) is 30.0 Å². The Morgan fingerprint density at radius 3 is 2.27 bits per heavy atom. The number of aromatic nitrogens is 4. The van der Waals surface area contributed by atoms with E-state index < -0.39 is 0 Å². The lowest BCUT2D eigenvalue weighted by Crippen LogP contribution is -2.47. The van der Waals surface area contributed by atoms with Crippen molar-refractivity contribution in [2.75, 3.05) is 36.0 Å². The van der Waals surface area contributed by atoms with Gasteiger partial charge >= 0.3 is 0 Å². The molecule has 2 aliphatic rings. The minimum atomic E-state index is 0.670. The summed E-state index contributed by atoms with van der Waals surface area (Å²) in [6, 6.07) is 2.16. The van der Waals surface area contributed by atoms with Crippen LogP contribution in [0.5, 0.6) is 0 Å². The first-order chi connectivity index (χ1) is 10.8. The molecular weight excluding hydrogens is 276 g/mol. The quantitative estimate of drug-likeness (QED) is 0.860. The van der Waals surface area contributed by atoms with Gasteiger partial charge in [0.15, 0.2) is 0 Å². The van der Waals surface area contributed by atoms with E-state index in [2.05, 4.69) is 35.8 Å². The molecular formula is C16H20N6. The van der Waals surface area contributed by atoms with E-state index in [-0.39, 0.29) is 0 Å². The Balaban J connectivity index is 1.43. The van der Waals surface area contributed by atoms with Crippen LogP contribution in [0, 0.1) is 6.92 Å². The maximum atomic E-state index is 4.45. The second kappa shape index (κ2) is 5.51. The smallest absolute Gasteiger partial charge is 0.225 e. The molecule has 6 heteroatoms. The van der Waals surface area contributed by atoms with Crippen LogP contribution in [0.15, 0.2) is 24.8 Å². The van der Waals surface area contributed by atoms with Gasteiger partial charge in [-0.1, -0.05) is 0 Å². The predicted octanol–water partition coefficient (Wildman–Crippen LogP) is 1.78. The van der Waals surface area contributed by atoms with Crippen LogP contribution in [0.2, 0.25) is 0 Å². The molecule has 0 atom stereocenters. The van der Waals surface area contributed by atoms with Gasteiger partial charge in [-0.05, 0) is 25.3 Å². The number of hydrogen-bond acceptors (Lipinski definition) is 6. The number of hydrogen-bond donors (Lipinski definition) is 0. The molecule has 1 aliphatic carbocycles. The van der Waals surface area contributed by atoms with Gasteiger partial charge in [-0.2, -0.15) is 0 Å². The molecule has 2 fully saturated rings. The van der Waals surface area contributed by atoms with Gasteiger partial charge in [-0.3, -0.25) is 0 Å². The Kier molecular flexibility index (Phi) is 3.36. The fraction of sp³-hybridized carbons (Fsp3) is 0.500. The Bertz CT molecular complexity index is 644. The van der Waals surface area contributed by atoms with E-state index in [1.807, 2.05) is 19.3 Å². The largest absolute Gasteiger partial charge is 0.353 e. The van der Waals surface area contributed by atoms with Gasteiger partial charge < -0.3 is 9.80 Å². The van der Waals surface area contributed by atoms with E-state index >= 15 is 0 Å². The Hall–Kier alpha value is -2.24. The molecule has 3 heterocycles. The van der Waals surface area contributed by atoms with E-state index in [9.17, 15) is 0 Å². The molecule has 0 aromatic carbocycles. The van der Waals surface area contributed by atoms with E-state index in [1.165, 1.54) is 18.5 Å². The van der Waals surface area contributed by atoms with Crippen molar-refractivity contribution in [1.29, 1.82) is 0 Å². The van der Waals surface area contributed by atoms with Crippen LogP contribution in [0.3, 0.4) is 0 Å². The van der Waals surface area contributed by atoms with Gasteiger partial charge in [0.25, 0.3) is 0 Å². The molecule has 1 saturated heterocycles. The van der Waals surface area contributed by atoms with Gasteiger partial charge in [-0.15, -0.1) is 0 Å². The molecule has 6 nitrogen and oxygen atoms in total. The zero-order valence-electron chi connectivity index (χ0n) is 12.8. The third kappa shape index (κ3) is 2.73. The molecule has 1 aliphatic heterocycles. The van der Waals surface area contributed by atoms with Crippen LogP contribution in [0.4, 0.5) is 11.8 Å². The van der Waals surface area contributed by atoms with Crippen molar-refractivity contribution < 1.29 is 0 Å². The lowest BCUT2D eigenvalue weighted by molar-refractivity contribution is 0.633. The molecule has 4 rings (SSSR count). The van der Waals surface area contributed by atoms with Crippen molar-refractivity contribution in [3.63, 3.8) is 0 Å². The summed E-state index contributed by atoms with van der Waals surface area (Å²) < 4.78 is 0. The standard InChI is InChI=1S/C16H20N6/c1-12-9-17-16(18-10-12)22-6-4-21(5-7-22)15-8-14(13-2-3-13)19-11-20-15/h8-11,13H,2-7H2,1H3. The molecule has 2 aromatic heterocycles. The molecule has 22 heavy (non-hydrogen) atoms. The second-order valence-electron chi connectivity index (χ2n) is 6.11. The van der Waals surface area contributed by atoms with Crippen LogP contribution < -0.4 is 9.80 Å². The summed E-state index contributed by atoms with van der Waals surface area (Å²) in [5.41, 5.74) is 2.30. The first-order valence-electron chi connectivity index (χ1n) is 7.90. The molecule has 1 saturated carbocycles. The van der Waals surface area contributed by atoms with Gasteiger partial charge in [0, 0.05) is 56.3 Å². The van der Waals surface area contributed by atoms with E-state index in [4.69, 9.17) is 0 Å². The molecule has 0 radical (unpaired) electrons. The van der Waals surface area contributed by atoms with Crippen molar-refractivity contribution in [2.45, 2.75) is 25.7 Å². The topological polar surface area (TPSA) is 58.0 Å². The zero-order chi connectivity index (χ0) is 14.9. The Morgan fingerprint density at radius 1 is 0.909 bits per heavy atom. The fourth-order valence-corrected chi connectivity index (χ4v) is 2.82. The van der Waals surface area contributed by atoms with E-state index in [1.54, 1.807) is 6.33 Å². The third-order valence-electron chi connectivity index (χ3n) is 4.32. The monoisotopic (exact) mass is 296 g/mol. The average molecular weight is 296 g/mol. The minimum Gasteiger partial charge on any atom is -0.353 e. The number of aryl methyl sites for hydroxylation is 1. The summed E-state index contributed by atoms with van der Waals surface area (Å²) in [5.74, 6) is 2.55. The zero-order valence-corrected chi connectivity index (χ0v) is 12.8. The second-order valence-corrected chi connectivity index (χ2v) is 6.11. The van der Waals surface area contributed by atoms with Crippen LogP contribution >= 0.6 is 0 Å². The van der Waals surface area contributed by atoms with Crippen molar-refractivity contribution in [2.24, 2.45) is 0 Å². The summed E-state index contributed by atoms with van der Waals surface area (Å²) >= 11 is 0. The van der Waals surface area contributed by atoms with Crippen LogP contribution in [0.25, 0.3) is 0 Å². The summed E-state index contributed by atoms with van der Waals surface area (Å²) in [6.45, 7) is 5.74. The third-order valence-corrected chi connectivity index (χ3v) is 4.32. The number of nitrogens with zero attached hydrogens (tertiary/aromatic N) is 6. The Morgan fingerprint density at radius 2 is 1.59 bits per heavy atom. The summed E-state index contributed by atoms with van der Waals surface area (Å²) in [7, 11) is 0. The lowest BCUT2D eigenvalue weighted by atomic mass is 10.2. The lowest BCUT2D eigenvalue weighted by Gasteiger charge is -2.35. The average Bonchev–Trinajstić information content (AvgIpc) is 3.41. The molecule has 0 N–H and O–H groups in total. The van der Waals surface area contributed by atoms with Crippen LogP contribution in [-0.2, 0) is 0 Å². The van der Waals surface area contributed by atoms with Crippen molar-refractivity contribution in [3.05, 3.63) is 36.0 Å². The normalized spacial score (nSPS) is 18.6. The summed E-state index contributed by atoms with van der Waals surface area (Å²) in [5, 5.41) is 0.